The first-order chi connectivity index (χ1) is 14.0. The number of aromatic amines is 1. The van der Waals surface area contributed by atoms with Gasteiger partial charge in [0.2, 0.25) is 0 Å². The van der Waals surface area contributed by atoms with Gasteiger partial charge in [-0.15, -0.1) is 0 Å². The summed E-state index contributed by atoms with van der Waals surface area (Å²) >= 11 is 0. The molecule has 0 saturated carbocycles. The monoisotopic (exact) mass is 432 g/mol. The molecule has 1 unspecified atom stereocenters. The summed E-state index contributed by atoms with van der Waals surface area (Å²) in [7, 11) is 0. The fourth-order valence-corrected chi connectivity index (χ4v) is 2.74. The fraction of sp³-hybridized carbons (Fsp3) is 0.450. The molecular formula is C20H25F5N4O. The Morgan fingerprint density at radius 3 is 2.33 bits per heavy atom. The third-order valence-electron chi connectivity index (χ3n) is 4.09. The van der Waals surface area contributed by atoms with Gasteiger partial charge in [-0.1, -0.05) is 33.8 Å². The molecule has 0 aliphatic heterocycles. The molecule has 3 N–H and O–H groups in total. The highest BCUT2D eigenvalue weighted by atomic mass is 19.4. The maximum atomic E-state index is 14.4. The summed E-state index contributed by atoms with van der Waals surface area (Å²) in [6, 6.07) is 1.29. The van der Waals surface area contributed by atoms with E-state index in [1.807, 2.05) is 13.8 Å². The molecule has 1 aromatic heterocycles. The maximum absolute atomic E-state index is 14.4. The minimum Gasteiger partial charge on any atom is -0.362 e. The zero-order chi connectivity index (χ0) is 23.2. The lowest BCUT2D eigenvalue weighted by atomic mass is 9.94. The summed E-state index contributed by atoms with van der Waals surface area (Å²) in [4.78, 5) is 18.5. The third-order valence-corrected chi connectivity index (χ3v) is 4.09. The molecule has 0 amide bonds. The van der Waals surface area contributed by atoms with Gasteiger partial charge in [0.05, 0.1) is 17.3 Å². The van der Waals surface area contributed by atoms with Crippen molar-refractivity contribution < 1.29 is 22.0 Å². The van der Waals surface area contributed by atoms with Crippen LogP contribution in [0.4, 0.5) is 27.8 Å². The topological polar surface area (TPSA) is 81.6 Å². The number of anilines is 1. The van der Waals surface area contributed by atoms with E-state index in [0.29, 0.717) is 6.07 Å². The quantitative estimate of drug-likeness (QED) is 0.422. The smallest absolute Gasteiger partial charge is 0.362 e. The van der Waals surface area contributed by atoms with Crippen molar-refractivity contribution in [1.82, 2.24) is 9.97 Å². The number of aryl methyl sites for hydroxylation is 1. The molecule has 2 aromatic rings. The van der Waals surface area contributed by atoms with E-state index in [-0.39, 0.29) is 28.7 Å². The largest absolute Gasteiger partial charge is 0.416 e. The normalized spacial score (nSPS) is 12.2. The van der Waals surface area contributed by atoms with Gasteiger partial charge in [-0.3, -0.25) is 4.79 Å². The van der Waals surface area contributed by atoms with E-state index in [9.17, 15) is 26.7 Å². The van der Waals surface area contributed by atoms with E-state index in [1.54, 1.807) is 13.8 Å². The number of aromatic nitrogens is 2. The lowest BCUT2D eigenvalue weighted by Gasteiger charge is -2.25. The van der Waals surface area contributed by atoms with Crippen molar-refractivity contribution in [2.45, 2.75) is 46.8 Å². The van der Waals surface area contributed by atoms with Gasteiger partial charge in [0, 0.05) is 5.56 Å². The predicted molar refractivity (Wildman–Crippen MR) is 106 cm³/mol. The van der Waals surface area contributed by atoms with Crippen LogP contribution in [0.1, 0.15) is 56.3 Å². The summed E-state index contributed by atoms with van der Waals surface area (Å²) in [6.07, 6.45) is -4.69. The van der Waals surface area contributed by atoms with Crippen molar-refractivity contribution in [1.29, 1.82) is 5.41 Å². The maximum Gasteiger partial charge on any atom is 0.416 e. The molecule has 5 nitrogen and oxygen atoms in total. The average Bonchev–Trinajstić information content (AvgIpc) is 2.66. The van der Waals surface area contributed by atoms with Crippen LogP contribution in [0.15, 0.2) is 23.0 Å². The molecule has 2 rings (SSSR count). The predicted octanol–water partition coefficient (Wildman–Crippen LogP) is 5.41. The Labute approximate surface area is 171 Å². The number of hydrogen-bond donors (Lipinski definition) is 3. The second kappa shape index (κ2) is 10.3. The zero-order valence-corrected chi connectivity index (χ0v) is 17.3. The fourth-order valence-electron chi connectivity index (χ4n) is 2.74. The molecule has 0 bridgehead atoms. The first-order valence-corrected chi connectivity index (χ1v) is 9.33. The third kappa shape index (κ3) is 5.87. The van der Waals surface area contributed by atoms with E-state index in [0.717, 1.165) is 12.1 Å². The van der Waals surface area contributed by atoms with Gasteiger partial charge in [0.15, 0.2) is 0 Å². The van der Waals surface area contributed by atoms with Crippen molar-refractivity contribution in [2.75, 3.05) is 12.0 Å². The second-order valence-corrected chi connectivity index (χ2v) is 6.59. The second-order valence-electron chi connectivity index (χ2n) is 6.59. The summed E-state index contributed by atoms with van der Waals surface area (Å²) in [5.74, 6) is -1.37. The van der Waals surface area contributed by atoms with Gasteiger partial charge in [0.1, 0.15) is 29.7 Å². The molecule has 0 aliphatic rings. The number of halogens is 5. The number of nitrogens with one attached hydrogen (secondary N) is 3. The van der Waals surface area contributed by atoms with Crippen molar-refractivity contribution >= 4 is 11.5 Å². The van der Waals surface area contributed by atoms with Crippen LogP contribution in [0.25, 0.3) is 0 Å². The van der Waals surface area contributed by atoms with Crippen LogP contribution in [0.2, 0.25) is 0 Å². The van der Waals surface area contributed by atoms with Crippen molar-refractivity contribution in [3.63, 3.8) is 0 Å². The van der Waals surface area contributed by atoms with E-state index in [2.05, 4.69) is 15.3 Å². The molecule has 1 atom stereocenters. The van der Waals surface area contributed by atoms with Crippen LogP contribution >= 0.6 is 0 Å². The highest BCUT2D eigenvalue weighted by Crippen LogP contribution is 2.34. The van der Waals surface area contributed by atoms with Crippen LogP contribution in [0.3, 0.4) is 0 Å². The van der Waals surface area contributed by atoms with Gasteiger partial charge < -0.3 is 15.7 Å². The molecule has 0 fully saturated rings. The molecule has 0 saturated heterocycles. The van der Waals surface area contributed by atoms with Crippen LogP contribution in [-0.4, -0.2) is 22.4 Å². The molecular weight excluding hydrogens is 407 g/mol. The molecule has 0 spiro atoms. The molecule has 1 aromatic carbocycles. The Kier molecular flexibility index (Phi) is 8.68. The Morgan fingerprint density at radius 1 is 1.27 bits per heavy atom. The van der Waals surface area contributed by atoms with E-state index >= 15 is 0 Å². The van der Waals surface area contributed by atoms with Gasteiger partial charge >= 0.3 is 6.18 Å². The number of alkyl halides is 4. The number of rotatable bonds is 6. The number of nitrogens with zero attached hydrogens (tertiary/aromatic N) is 1. The summed E-state index contributed by atoms with van der Waals surface area (Å²) < 4.78 is 65.8. The Morgan fingerprint density at radius 2 is 1.87 bits per heavy atom. The molecule has 0 radical (unpaired) electrons. The van der Waals surface area contributed by atoms with Crippen LogP contribution in [0.5, 0.6) is 0 Å². The van der Waals surface area contributed by atoms with Gasteiger partial charge in [-0.2, -0.15) is 13.2 Å². The average molecular weight is 432 g/mol. The van der Waals surface area contributed by atoms with Crippen LogP contribution < -0.4 is 10.9 Å². The summed E-state index contributed by atoms with van der Waals surface area (Å²) in [6.45, 7) is 7.63. The highest BCUT2D eigenvalue weighted by molar-refractivity contribution is 6.02. The Balaban J connectivity index is 0.00000218. The van der Waals surface area contributed by atoms with Gasteiger partial charge in [-0.05, 0) is 25.0 Å². The van der Waals surface area contributed by atoms with Crippen molar-refractivity contribution in [3.8, 4) is 0 Å². The molecule has 10 heteroatoms. The minimum absolute atomic E-state index is 0.0690. The lowest BCUT2D eigenvalue weighted by molar-refractivity contribution is -0.137. The van der Waals surface area contributed by atoms with E-state index < -0.39 is 41.5 Å². The van der Waals surface area contributed by atoms with Crippen molar-refractivity contribution in [2.24, 2.45) is 5.92 Å². The molecule has 166 valence electrons. The van der Waals surface area contributed by atoms with Crippen LogP contribution in [0, 0.1) is 24.1 Å². The summed E-state index contributed by atoms with van der Waals surface area (Å²) in [5.41, 5.74) is -2.90. The zero-order valence-electron chi connectivity index (χ0n) is 17.3. The lowest BCUT2D eigenvalue weighted by Crippen LogP contribution is -2.27. The number of H-pyrrole nitrogens is 1. The van der Waals surface area contributed by atoms with E-state index in [4.69, 9.17) is 5.41 Å². The summed E-state index contributed by atoms with van der Waals surface area (Å²) in [5, 5.41) is 10.5. The SMILES string of the molecule is CC.Cc1nc(NC(c2ccc(C(F)(F)F)cc2F)C(C)C)c(C(=N)CF)c(=O)[nH]1. The highest BCUT2D eigenvalue weighted by Gasteiger charge is 2.32. The Hall–Kier alpha value is -2.78. The molecule has 30 heavy (non-hydrogen) atoms. The molecule has 1 heterocycles. The van der Waals surface area contributed by atoms with Gasteiger partial charge in [-0.25, -0.2) is 13.8 Å². The Bertz CT molecular complexity index is 938. The molecule has 0 aliphatic carbocycles. The first-order valence-electron chi connectivity index (χ1n) is 9.33. The first kappa shape index (κ1) is 25.3. The number of hydrogen-bond acceptors (Lipinski definition) is 4. The van der Waals surface area contributed by atoms with E-state index in [1.165, 1.54) is 6.92 Å². The van der Waals surface area contributed by atoms with Crippen LogP contribution in [-0.2, 0) is 6.18 Å². The standard InChI is InChI=1S/C18H19F5N4O.C2H6/c1-8(2)15(11-5-4-10(6-12(11)20)18(21,22)23)27-16-14(13(24)7-19)17(28)26-9(3)25-16;1-2/h4-6,8,15,24H,7H2,1-3H3,(H2,25,26,27,28);1-2H3. The van der Waals surface area contributed by atoms with Gasteiger partial charge in [0.25, 0.3) is 5.56 Å². The minimum atomic E-state index is -4.69. The van der Waals surface area contributed by atoms with Crippen molar-refractivity contribution in [3.05, 3.63) is 56.9 Å². The number of benzene rings is 1.